The number of amides is 2. The highest BCUT2D eigenvalue weighted by Gasteiger charge is 2.26. The van der Waals surface area contributed by atoms with Crippen molar-refractivity contribution in [3.8, 4) is 5.88 Å². The minimum atomic E-state index is -0.496. The second kappa shape index (κ2) is 10.6. The highest BCUT2D eigenvalue weighted by molar-refractivity contribution is 7.20. The topological polar surface area (TPSA) is 106 Å². The standard InChI is InChI=1S/C22H33N5O5S/c1-14-16-19(31-6)24-15(13-30-5)25-20(16)33-17(14)18(28)23-7-8-26-9-11-27(12-10-26)21(29)32-22(2,3)4/h7-13H2,1-6H3,(H,23,28). The third-order valence-electron chi connectivity index (χ3n) is 5.21. The van der Waals surface area contributed by atoms with E-state index in [1.54, 1.807) is 19.1 Å². The zero-order valence-electron chi connectivity index (χ0n) is 20.2. The Labute approximate surface area is 198 Å². The summed E-state index contributed by atoms with van der Waals surface area (Å²) in [4.78, 5) is 39.2. The van der Waals surface area contributed by atoms with E-state index in [2.05, 4.69) is 20.2 Å². The molecule has 0 unspecified atom stereocenters. The number of nitrogens with zero attached hydrogens (tertiary/aromatic N) is 4. The summed E-state index contributed by atoms with van der Waals surface area (Å²) in [6.07, 6.45) is -0.275. The van der Waals surface area contributed by atoms with E-state index in [-0.39, 0.29) is 18.6 Å². The monoisotopic (exact) mass is 479 g/mol. The van der Waals surface area contributed by atoms with Gasteiger partial charge >= 0.3 is 6.09 Å². The zero-order valence-corrected chi connectivity index (χ0v) is 21.0. The number of hydrogen-bond donors (Lipinski definition) is 1. The van der Waals surface area contributed by atoms with E-state index in [4.69, 9.17) is 14.2 Å². The molecular weight excluding hydrogens is 446 g/mol. The van der Waals surface area contributed by atoms with Gasteiger partial charge < -0.3 is 24.4 Å². The van der Waals surface area contributed by atoms with Gasteiger partial charge in [0.2, 0.25) is 5.88 Å². The lowest BCUT2D eigenvalue weighted by molar-refractivity contribution is 0.0147. The van der Waals surface area contributed by atoms with E-state index in [0.717, 1.165) is 24.0 Å². The quantitative estimate of drug-likeness (QED) is 0.646. The molecule has 0 radical (unpaired) electrons. The van der Waals surface area contributed by atoms with Crippen LogP contribution in [0.2, 0.25) is 0 Å². The van der Waals surface area contributed by atoms with E-state index in [1.165, 1.54) is 11.3 Å². The lowest BCUT2D eigenvalue weighted by Gasteiger charge is -2.35. The minimum Gasteiger partial charge on any atom is -0.480 e. The molecule has 0 bridgehead atoms. The molecule has 0 spiro atoms. The van der Waals surface area contributed by atoms with Crippen molar-refractivity contribution in [1.29, 1.82) is 0 Å². The maximum absolute atomic E-state index is 12.9. The second-order valence-electron chi connectivity index (χ2n) is 8.88. The van der Waals surface area contributed by atoms with Gasteiger partial charge in [0, 0.05) is 46.4 Å². The van der Waals surface area contributed by atoms with Crippen molar-refractivity contribution in [3.63, 3.8) is 0 Å². The molecule has 10 nitrogen and oxygen atoms in total. The van der Waals surface area contributed by atoms with Gasteiger partial charge in [-0.1, -0.05) is 0 Å². The lowest BCUT2D eigenvalue weighted by Crippen LogP contribution is -2.51. The predicted molar refractivity (Wildman–Crippen MR) is 126 cm³/mol. The summed E-state index contributed by atoms with van der Waals surface area (Å²) in [7, 11) is 3.13. The SMILES string of the molecule is COCc1nc(OC)c2c(C)c(C(=O)NCCN3CCN(C(=O)OC(C)(C)C)CC3)sc2n1. The van der Waals surface area contributed by atoms with Gasteiger partial charge in [-0.25, -0.2) is 9.78 Å². The molecule has 3 heterocycles. The van der Waals surface area contributed by atoms with Crippen LogP contribution in [0.25, 0.3) is 10.2 Å². The van der Waals surface area contributed by atoms with Crippen molar-refractivity contribution in [3.05, 3.63) is 16.3 Å². The Hall–Kier alpha value is -2.50. The summed E-state index contributed by atoms with van der Waals surface area (Å²) in [5.41, 5.74) is 0.309. The third-order valence-corrected chi connectivity index (χ3v) is 6.40. The normalized spacial score (nSPS) is 15.0. The Morgan fingerprint density at radius 1 is 1.12 bits per heavy atom. The fraction of sp³-hybridized carbons (Fsp3) is 0.636. The number of aryl methyl sites for hydroxylation is 1. The van der Waals surface area contributed by atoms with Gasteiger partial charge in [-0.05, 0) is 33.3 Å². The predicted octanol–water partition coefficient (Wildman–Crippen LogP) is 2.44. The molecule has 0 atom stereocenters. The van der Waals surface area contributed by atoms with Crippen LogP contribution in [0.15, 0.2) is 0 Å². The van der Waals surface area contributed by atoms with Gasteiger partial charge in [0.15, 0.2) is 5.82 Å². The first-order valence-corrected chi connectivity index (χ1v) is 11.8. The molecule has 1 aliphatic rings. The number of ether oxygens (including phenoxy) is 3. The maximum Gasteiger partial charge on any atom is 0.410 e. The van der Waals surface area contributed by atoms with Crippen molar-refractivity contribution in [2.75, 3.05) is 53.5 Å². The molecule has 2 aromatic rings. The van der Waals surface area contributed by atoms with Gasteiger partial charge in [0.25, 0.3) is 5.91 Å². The van der Waals surface area contributed by atoms with E-state index < -0.39 is 5.60 Å². The number of rotatable bonds is 7. The van der Waals surface area contributed by atoms with Crippen LogP contribution in [0, 0.1) is 6.92 Å². The van der Waals surface area contributed by atoms with E-state index >= 15 is 0 Å². The number of methoxy groups -OCH3 is 2. The molecule has 1 saturated heterocycles. The molecular formula is C22H33N5O5S. The van der Waals surface area contributed by atoms with Crippen LogP contribution in [0.4, 0.5) is 4.79 Å². The Kier molecular flexibility index (Phi) is 8.09. The molecule has 2 aromatic heterocycles. The molecule has 1 N–H and O–H groups in total. The van der Waals surface area contributed by atoms with Gasteiger partial charge in [-0.3, -0.25) is 9.69 Å². The van der Waals surface area contributed by atoms with E-state index in [0.29, 0.717) is 47.6 Å². The summed E-state index contributed by atoms with van der Waals surface area (Å²) >= 11 is 1.33. The molecule has 1 fully saturated rings. The number of fused-ring (bicyclic) bond motifs is 1. The first kappa shape index (κ1) is 25.1. The number of aromatic nitrogens is 2. The summed E-state index contributed by atoms with van der Waals surface area (Å²) < 4.78 is 16.0. The maximum atomic E-state index is 12.9. The Balaban J connectivity index is 1.54. The lowest BCUT2D eigenvalue weighted by atomic mass is 10.2. The molecule has 182 valence electrons. The van der Waals surface area contributed by atoms with Crippen LogP contribution in [-0.4, -0.2) is 90.9 Å². The smallest absolute Gasteiger partial charge is 0.410 e. The summed E-state index contributed by atoms with van der Waals surface area (Å²) in [5, 5.41) is 3.76. The van der Waals surface area contributed by atoms with Crippen molar-refractivity contribution >= 4 is 33.6 Å². The number of thiophene rings is 1. The molecule has 0 saturated carbocycles. The van der Waals surface area contributed by atoms with Crippen LogP contribution < -0.4 is 10.1 Å². The zero-order chi connectivity index (χ0) is 24.2. The second-order valence-corrected chi connectivity index (χ2v) is 9.88. The van der Waals surface area contributed by atoms with E-state index in [1.807, 2.05) is 27.7 Å². The average molecular weight is 480 g/mol. The highest BCUT2D eigenvalue weighted by Crippen LogP contribution is 2.35. The Bertz CT molecular complexity index is 995. The van der Waals surface area contributed by atoms with Crippen LogP contribution in [0.1, 0.15) is 41.8 Å². The summed E-state index contributed by atoms with van der Waals surface area (Å²) in [5.74, 6) is 0.821. The number of carbonyl (C=O) groups is 2. The van der Waals surface area contributed by atoms with Crippen LogP contribution in [0.5, 0.6) is 5.88 Å². The fourth-order valence-electron chi connectivity index (χ4n) is 3.59. The third kappa shape index (κ3) is 6.30. The van der Waals surface area contributed by atoms with Crippen molar-refractivity contribution in [2.45, 2.75) is 39.9 Å². The van der Waals surface area contributed by atoms with Crippen LogP contribution in [0.3, 0.4) is 0 Å². The Morgan fingerprint density at radius 2 is 1.82 bits per heavy atom. The number of carbonyl (C=O) groups excluding carboxylic acids is 2. The molecule has 11 heteroatoms. The van der Waals surface area contributed by atoms with Gasteiger partial charge in [0.05, 0.1) is 17.4 Å². The van der Waals surface area contributed by atoms with Gasteiger partial charge in [-0.2, -0.15) is 4.98 Å². The fourth-order valence-corrected chi connectivity index (χ4v) is 4.70. The van der Waals surface area contributed by atoms with Crippen LogP contribution in [-0.2, 0) is 16.1 Å². The summed E-state index contributed by atoms with van der Waals surface area (Å²) in [6.45, 7) is 11.7. The first-order valence-electron chi connectivity index (χ1n) is 10.9. The van der Waals surface area contributed by atoms with Crippen molar-refractivity contribution in [1.82, 2.24) is 25.1 Å². The Morgan fingerprint density at radius 3 is 2.42 bits per heavy atom. The largest absolute Gasteiger partial charge is 0.480 e. The van der Waals surface area contributed by atoms with Crippen molar-refractivity contribution < 1.29 is 23.8 Å². The minimum absolute atomic E-state index is 0.141. The highest BCUT2D eigenvalue weighted by atomic mass is 32.1. The molecule has 3 rings (SSSR count). The molecule has 33 heavy (non-hydrogen) atoms. The van der Waals surface area contributed by atoms with Crippen molar-refractivity contribution in [2.24, 2.45) is 0 Å². The van der Waals surface area contributed by atoms with Crippen LogP contribution >= 0.6 is 11.3 Å². The first-order chi connectivity index (χ1) is 15.6. The molecule has 1 aliphatic heterocycles. The number of hydrogen-bond acceptors (Lipinski definition) is 9. The molecule has 2 amide bonds. The molecule has 0 aliphatic carbocycles. The average Bonchev–Trinajstić information content (AvgIpc) is 3.09. The molecule has 0 aromatic carbocycles. The number of nitrogens with one attached hydrogen (secondary N) is 1. The number of piperazine rings is 1. The summed E-state index contributed by atoms with van der Waals surface area (Å²) in [6, 6.07) is 0. The van der Waals surface area contributed by atoms with Gasteiger partial charge in [-0.15, -0.1) is 11.3 Å². The van der Waals surface area contributed by atoms with E-state index in [9.17, 15) is 9.59 Å². The van der Waals surface area contributed by atoms with Gasteiger partial charge in [0.1, 0.15) is 17.0 Å².